The topological polar surface area (TPSA) is 21.7 Å². The summed E-state index contributed by atoms with van der Waals surface area (Å²) in [5.74, 6) is 0.637. The average Bonchev–Trinajstić information content (AvgIpc) is 2.96. The molecule has 21 heavy (non-hydrogen) atoms. The first-order chi connectivity index (χ1) is 10.3. The van der Waals surface area contributed by atoms with E-state index in [0.717, 1.165) is 62.8 Å². The number of hydrogen-bond donors (Lipinski definition) is 0. The molecule has 0 aromatic heterocycles. The number of benzene rings is 1. The van der Waals surface area contributed by atoms with Crippen molar-refractivity contribution in [3.8, 4) is 0 Å². The summed E-state index contributed by atoms with van der Waals surface area (Å²) in [5, 5.41) is 0. The molecule has 2 heterocycles. The number of likely N-dealkylation sites (tertiary alicyclic amines) is 1. The van der Waals surface area contributed by atoms with E-state index in [9.17, 15) is 4.39 Å². The maximum Gasteiger partial charge on any atom is 0.170 e. The van der Waals surface area contributed by atoms with E-state index in [1.54, 1.807) is 11.8 Å². The summed E-state index contributed by atoms with van der Waals surface area (Å²) in [5.41, 5.74) is 0. The highest BCUT2D eigenvalue weighted by Gasteiger charge is 2.39. The smallest absolute Gasteiger partial charge is 0.170 e. The van der Waals surface area contributed by atoms with Gasteiger partial charge in [0.2, 0.25) is 0 Å². The second kappa shape index (κ2) is 7.09. The summed E-state index contributed by atoms with van der Waals surface area (Å²) in [4.78, 5) is 3.63. The lowest BCUT2D eigenvalue weighted by atomic mass is 10.0. The van der Waals surface area contributed by atoms with Crippen LogP contribution in [0.2, 0.25) is 0 Å². The first kappa shape index (κ1) is 15.3. The second-order valence-electron chi connectivity index (χ2n) is 5.61. The number of nitrogens with zero attached hydrogens (tertiary/aromatic N) is 1. The number of piperidine rings is 1. The van der Waals surface area contributed by atoms with Crippen LogP contribution in [0, 0.1) is 5.82 Å². The van der Waals surface area contributed by atoms with Crippen molar-refractivity contribution in [2.45, 2.75) is 29.9 Å². The van der Waals surface area contributed by atoms with Crippen molar-refractivity contribution < 1.29 is 13.9 Å². The van der Waals surface area contributed by atoms with Crippen LogP contribution >= 0.6 is 11.8 Å². The van der Waals surface area contributed by atoms with E-state index in [1.165, 1.54) is 12.1 Å². The van der Waals surface area contributed by atoms with E-state index in [4.69, 9.17) is 9.47 Å². The van der Waals surface area contributed by atoms with Crippen molar-refractivity contribution in [1.29, 1.82) is 0 Å². The van der Waals surface area contributed by atoms with Crippen molar-refractivity contribution in [2.24, 2.45) is 0 Å². The number of halogens is 1. The predicted molar refractivity (Wildman–Crippen MR) is 82.1 cm³/mol. The molecule has 0 unspecified atom stereocenters. The average molecular weight is 311 g/mol. The lowest BCUT2D eigenvalue weighted by Crippen LogP contribution is -2.45. The number of hydrogen-bond acceptors (Lipinski definition) is 4. The highest BCUT2D eigenvalue weighted by molar-refractivity contribution is 7.99. The van der Waals surface area contributed by atoms with Crippen LogP contribution in [0.4, 0.5) is 4.39 Å². The first-order valence-corrected chi connectivity index (χ1v) is 8.63. The lowest BCUT2D eigenvalue weighted by Gasteiger charge is -2.37. The predicted octanol–water partition coefficient (Wildman–Crippen LogP) is 3.15. The Morgan fingerprint density at radius 1 is 1.10 bits per heavy atom. The van der Waals surface area contributed by atoms with Crippen molar-refractivity contribution in [2.75, 3.05) is 38.6 Å². The van der Waals surface area contributed by atoms with Gasteiger partial charge in [-0.2, -0.15) is 0 Å². The van der Waals surface area contributed by atoms with Crippen LogP contribution in [0.3, 0.4) is 0 Å². The van der Waals surface area contributed by atoms with Gasteiger partial charge in [-0.1, -0.05) is 0 Å². The molecule has 116 valence electrons. The summed E-state index contributed by atoms with van der Waals surface area (Å²) in [7, 11) is 0. The molecular weight excluding hydrogens is 289 g/mol. The minimum Gasteiger partial charge on any atom is -0.347 e. The molecule has 2 fully saturated rings. The van der Waals surface area contributed by atoms with Gasteiger partial charge < -0.3 is 14.4 Å². The molecule has 0 N–H and O–H groups in total. The Kier molecular flexibility index (Phi) is 5.16. The zero-order valence-corrected chi connectivity index (χ0v) is 13.0. The van der Waals surface area contributed by atoms with Gasteiger partial charge in [0.25, 0.3) is 0 Å². The Morgan fingerprint density at radius 2 is 1.76 bits per heavy atom. The minimum atomic E-state index is -0.265. The molecule has 3 nitrogen and oxygen atoms in total. The van der Waals surface area contributed by atoms with Gasteiger partial charge in [-0.3, -0.25) is 0 Å². The number of ether oxygens (including phenoxy) is 2. The van der Waals surface area contributed by atoms with Gasteiger partial charge in [0.1, 0.15) is 5.82 Å². The highest BCUT2D eigenvalue weighted by atomic mass is 32.2. The highest BCUT2D eigenvalue weighted by Crippen LogP contribution is 2.31. The molecule has 3 rings (SSSR count). The Labute approximate surface area is 129 Å². The molecule has 5 heteroatoms. The third kappa shape index (κ3) is 4.19. The van der Waals surface area contributed by atoms with Gasteiger partial charge in [-0.05, 0) is 43.0 Å². The zero-order chi connectivity index (χ0) is 14.5. The molecule has 0 atom stereocenters. The van der Waals surface area contributed by atoms with Crippen LogP contribution in [0.1, 0.15) is 19.3 Å². The van der Waals surface area contributed by atoms with Crippen LogP contribution in [0.15, 0.2) is 29.2 Å². The maximum absolute atomic E-state index is 12.8. The SMILES string of the molecule is Fc1ccc(SCCCN2CCC3(CC2)OCCO3)cc1. The summed E-state index contributed by atoms with van der Waals surface area (Å²) in [6, 6.07) is 6.74. The normalized spacial score (nSPS) is 22.0. The molecule has 0 amide bonds. The molecule has 1 spiro atoms. The monoisotopic (exact) mass is 311 g/mol. The van der Waals surface area contributed by atoms with Crippen molar-refractivity contribution in [3.05, 3.63) is 30.1 Å². The maximum atomic E-state index is 12.8. The van der Waals surface area contributed by atoms with E-state index >= 15 is 0 Å². The molecule has 0 radical (unpaired) electrons. The van der Waals surface area contributed by atoms with Gasteiger partial charge in [0, 0.05) is 30.8 Å². The van der Waals surface area contributed by atoms with Gasteiger partial charge in [-0.25, -0.2) is 4.39 Å². The standard InChI is InChI=1S/C16H22FNO2S/c17-14-2-4-15(5-3-14)21-13-1-8-18-9-6-16(7-10-18)19-11-12-20-16/h2-5H,1,6-13H2. The van der Waals surface area contributed by atoms with E-state index < -0.39 is 0 Å². The van der Waals surface area contributed by atoms with E-state index in [0.29, 0.717) is 0 Å². The van der Waals surface area contributed by atoms with Crippen molar-refractivity contribution in [3.63, 3.8) is 0 Å². The molecule has 0 aliphatic carbocycles. The number of thioether (sulfide) groups is 1. The third-order valence-electron chi connectivity index (χ3n) is 4.13. The van der Waals surface area contributed by atoms with Crippen LogP contribution in [0.25, 0.3) is 0 Å². The largest absolute Gasteiger partial charge is 0.347 e. The third-order valence-corrected chi connectivity index (χ3v) is 5.23. The molecule has 0 saturated carbocycles. The van der Waals surface area contributed by atoms with E-state index in [-0.39, 0.29) is 11.6 Å². The molecule has 0 bridgehead atoms. The van der Waals surface area contributed by atoms with Gasteiger partial charge in [0.15, 0.2) is 5.79 Å². The Morgan fingerprint density at radius 3 is 2.43 bits per heavy atom. The minimum absolute atomic E-state index is 0.169. The quantitative estimate of drug-likeness (QED) is 0.615. The summed E-state index contributed by atoms with van der Waals surface area (Å²) < 4.78 is 24.3. The second-order valence-corrected chi connectivity index (χ2v) is 6.77. The molecule has 1 aromatic rings. The van der Waals surface area contributed by atoms with Crippen LogP contribution in [-0.4, -0.2) is 49.3 Å². The Balaban J connectivity index is 1.32. The summed E-state index contributed by atoms with van der Waals surface area (Å²) in [6.45, 7) is 4.72. The van der Waals surface area contributed by atoms with Crippen LogP contribution in [0.5, 0.6) is 0 Å². The lowest BCUT2D eigenvalue weighted by molar-refractivity contribution is -0.185. The van der Waals surface area contributed by atoms with Crippen molar-refractivity contribution in [1.82, 2.24) is 4.90 Å². The fraction of sp³-hybridized carbons (Fsp3) is 0.625. The van der Waals surface area contributed by atoms with Crippen LogP contribution < -0.4 is 0 Å². The fourth-order valence-corrected chi connectivity index (χ4v) is 3.75. The Bertz CT molecular complexity index is 438. The van der Waals surface area contributed by atoms with E-state index in [2.05, 4.69) is 4.90 Å². The van der Waals surface area contributed by atoms with Gasteiger partial charge >= 0.3 is 0 Å². The van der Waals surface area contributed by atoms with Crippen LogP contribution in [-0.2, 0) is 9.47 Å². The molecule has 2 aliphatic heterocycles. The first-order valence-electron chi connectivity index (χ1n) is 7.64. The Hall–Kier alpha value is -0.620. The zero-order valence-electron chi connectivity index (χ0n) is 12.2. The van der Waals surface area contributed by atoms with Gasteiger partial charge in [0.05, 0.1) is 13.2 Å². The van der Waals surface area contributed by atoms with Crippen molar-refractivity contribution >= 4 is 11.8 Å². The fourth-order valence-electron chi connectivity index (χ4n) is 2.91. The molecule has 2 aliphatic rings. The molecular formula is C16H22FNO2S. The van der Waals surface area contributed by atoms with E-state index in [1.807, 2.05) is 12.1 Å². The summed E-state index contributed by atoms with van der Waals surface area (Å²) in [6.07, 6.45) is 3.12. The summed E-state index contributed by atoms with van der Waals surface area (Å²) >= 11 is 1.79. The molecule has 2 saturated heterocycles. The van der Waals surface area contributed by atoms with Gasteiger partial charge in [-0.15, -0.1) is 11.8 Å². The number of rotatable bonds is 5. The molecule has 1 aromatic carbocycles.